The molecule has 0 saturated heterocycles. The summed E-state index contributed by atoms with van der Waals surface area (Å²) in [7, 11) is -0.843. The van der Waals surface area contributed by atoms with Crippen molar-refractivity contribution in [2.45, 2.75) is 26.3 Å². The Morgan fingerprint density at radius 3 is 2.73 bits per heavy atom. The Hall–Kier alpha value is 0.0700. The molecule has 0 aliphatic heterocycles. The van der Waals surface area contributed by atoms with Gasteiger partial charge in [-0.3, -0.25) is 4.21 Å². The van der Waals surface area contributed by atoms with Crippen LogP contribution in [0.3, 0.4) is 0 Å². The predicted octanol–water partition coefficient (Wildman–Crippen LogP) is 0.466. The van der Waals surface area contributed by atoms with E-state index in [1.807, 2.05) is 13.8 Å². The Kier molecular flexibility index (Phi) is 6.80. The molecule has 0 bridgehead atoms. The zero-order valence-electron chi connectivity index (χ0n) is 7.21. The van der Waals surface area contributed by atoms with Crippen molar-refractivity contribution in [3.05, 3.63) is 0 Å². The molecule has 0 aromatic rings. The van der Waals surface area contributed by atoms with Gasteiger partial charge in [-0.15, -0.1) is 0 Å². The lowest BCUT2D eigenvalue weighted by atomic mass is 10.3. The zero-order valence-corrected chi connectivity index (χ0v) is 8.02. The second kappa shape index (κ2) is 6.76. The summed E-state index contributed by atoms with van der Waals surface area (Å²) < 4.78 is 16.0. The smallest absolute Gasteiger partial charge is 0.122 e. The Labute approximate surface area is 70.8 Å². The van der Waals surface area contributed by atoms with Gasteiger partial charge < -0.3 is 10.5 Å². The zero-order chi connectivity index (χ0) is 8.69. The molecular weight excluding hydrogens is 162 g/mol. The van der Waals surface area contributed by atoms with E-state index >= 15 is 0 Å². The van der Waals surface area contributed by atoms with Gasteiger partial charge in [-0.2, -0.15) is 0 Å². The van der Waals surface area contributed by atoms with E-state index in [0.717, 1.165) is 6.42 Å². The van der Waals surface area contributed by atoms with Gasteiger partial charge in [0.2, 0.25) is 0 Å². The van der Waals surface area contributed by atoms with E-state index in [2.05, 4.69) is 0 Å². The van der Waals surface area contributed by atoms with E-state index in [0.29, 0.717) is 18.3 Å². The third-order valence-corrected chi connectivity index (χ3v) is 2.34. The number of ether oxygens (including phenoxy) is 1. The van der Waals surface area contributed by atoms with Gasteiger partial charge in [-0.1, -0.05) is 0 Å². The molecular formula is C7H17NO2S. The summed E-state index contributed by atoms with van der Waals surface area (Å²) in [5.41, 5.74) is 5.49. The van der Waals surface area contributed by atoms with Gasteiger partial charge in [-0.25, -0.2) is 0 Å². The van der Waals surface area contributed by atoms with Crippen molar-refractivity contribution in [1.29, 1.82) is 0 Å². The number of hydrogen-bond acceptors (Lipinski definition) is 3. The minimum atomic E-state index is -0.843. The molecule has 0 saturated carbocycles. The van der Waals surface area contributed by atoms with Crippen molar-refractivity contribution >= 4 is 10.8 Å². The molecule has 3 nitrogen and oxygen atoms in total. The molecule has 0 aromatic carbocycles. The first-order chi connectivity index (χ1) is 5.16. The number of hydrogen-bond donors (Lipinski definition) is 1. The summed E-state index contributed by atoms with van der Waals surface area (Å²) in [5.74, 6) is 1.00. The Bertz CT molecular complexity index is 117. The third-order valence-electron chi connectivity index (χ3n) is 1.22. The van der Waals surface area contributed by atoms with Crippen molar-refractivity contribution in [2.75, 3.05) is 18.3 Å². The van der Waals surface area contributed by atoms with Crippen LogP contribution in [0.4, 0.5) is 0 Å². The molecule has 2 atom stereocenters. The minimum absolute atomic E-state index is 0.139. The third kappa shape index (κ3) is 7.97. The second-order valence-corrected chi connectivity index (χ2v) is 4.04. The Morgan fingerprint density at radius 1 is 1.64 bits per heavy atom. The highest BCUT2D eigenvalue weighted by molar-refractivity contribution is 7.84. The van der Waals surface area contributed by atoms with E-state index in [1.54, 1.807) is 0 Å². The van der Waals surface area contributed by atoms with Crippen molar-refractivity contribution in [1.82, 2.24) is 0 Å². The topological polar surface area (TPSA) is 52.3 Å². The Morgan fingerprint density at radius 2 is 2.27 bits per heavy atom. The average Bonchev–Trinajstić information content (AvgIpc) is 1.97. The summed E-state index contributed by atoms with van der Waals surface area (Å²) >= 11 is 0. The quantitative estimate of drug-likeness (QED) is 0.644. The summed E-state index contributed by atoms with van der Waals surface area (Å²) in [5, 5.41) is 0. The van der Waals surface area contributed by atoms with Crippen LogP contribution in [0.1, 0.15) is 20.3 Å². The van der Waals surface area contributed by atoms with Crippen LogP contribution >= 0.6 is 0 Å². The van der Waals surface area contributed by atoms with Crippen molar-refractivity contribution in [3.8, 4) is 0 Å². The van der Waals surface area contributed by atoms with Crippen molar-refractivity contribution < 1.29 is 8.95 Å². The highest BCUT2D eigenvalue weighted by Gasteiger charge is 2.00. The number of rotatable bonds is 6. The molecule has 0 spiro atoms. The van der Waals surface area contributed by atoms with Crippen LogP contribution in [0.15, 0.2) is 0 Å². The molecule has 0 fully saturated rings. The fraction of sp³-hybridized carbons (Fsp3) is 1.00. The maximum atomic E-state index is 11.0. The first kappa shape index (κ1) is 11.1. The summed E-state index contributed by atoms with van der Waals surface area (Å²) in [6, 6.07) is 0.139. The van der Waals surface area contributed by atoms with E-state index in [1.165, 1.54) is 0 Å². The molecule has 4 heteroatoms. The lowest BCUT2D eigenvalue weighted by Crippen LogP contribution is -2.19. The summed E-state index contributed by atoms with van der Waals surface area (Å²) in [6.45, 7) is 4.44. The van der Waals surface area contributed by atoms with Crippen molar-refractivity contribution in [2.24, 2.45) is 5.73 Å². The largest absolute Gasteiger partial charge is 0.369 e. The SMILES string of the molecule is CCOCS(=O)CCC(C)N. The molecule has 0 rings (SSSR count). The molecule has 0 amide bonds. The summed E-state index contributed by atoms with van der Waals surface area (Å²) in [4.78, 5) is 0. The predicted molar refractivity (Wildman–Crippen MR) is 47.8 cm³/mol. The highest BCUT2D eigenvalue weighted by Crippen LogP contribution is 1.92. The van der Waals surface area contributed by atoms with Crippen LogP contribution in [0.25, 0.3) is 0 Å². The van der Waals surface area contributed by atoms with E-state index < -0.39 is 10.8 Å². The van der Waals surface area contributed by atoms with E-state index in [9.17, 15) is 4.21 Å². The molecule has 0 heterocycles. The molecule has 0 aromatic heterocycles. The fourth-order valence-corrected chi connectivity index (χ4v) is 1.66. The molecule has 2 unspecified atom stereocenters. The normalized spacial score (nSPS) is 16.3. The van der Waals surface area contributed by atoms with Crippen LogP contribution in [0.5, 0.6) is 0 Å². The Balaban J connectivity index is 3.23. The van der Waals surface area contributed by atoms with Gasteiger partial charge in [0.1, 0.15) is 5.94 Å². The molecule has 0 radical (unpaired) electrons. The molecule has 68 valence electrons. The molecule has 11 heavy (non-hydrogen) atoms. The standard InChI is InChI=1S/C7H17NO2S/c1-3-10-6-11(9)5-4-7(2)8/h7H,3-6,8H2,1-2H3. The average molecular weight is 179 g/mol. The first-order valence-corrected chi connectivity index (χ1v) is 5.34. The first-order valence-electron chi connectivity index (χ1n) is 3.85. The van der Waals surface area contributed by atoms with Gasteiger partial charge in [0.25, 0.3) is 0 Å². The summed E-state index contributed by atoms with van der Waals surface area (Å²) in [6.07, 6.45) is 0.805. The van der Waals surface area contributed by atoms with Crippen LogP contribution in [-0.4, -0.2) is 28.5 Å². The molecule has 0 aliphatic rings. The van der Waals surface area contributed by atoms with Crippen LogP contribution in [0, 0.1) is 0 Å². The van der Waals surface area contributed by atoms with Gasteiger partial charge in [0.05, 0.1) is 0 Å². The van der Waals surface area contributed by atoms with Crippen LogP contribution in [0.2, 0.25) is 0 Å². The maximum Gasteiger partial charge on any atom is 0.122 e. The van der Waals surface area contributed by atoms with E-state index in [-0.39, 0.29) is 6.04 Å². The lowest BCUT2D eigenvalue weighted by molar-refractivity contribution is 0.196. The highest BCUT2D eigenvalue weighted by atomic mass is 32.2. The molecule has 2 N–H and O–H groups in total. The van der Waals surface area contributed by atoms with Gasteiger partial charge >= 0.3 is 0 Å². The van der Waals surface area contributed by atoms with Crippen LogP contribution < -0.4 is 5.73 Å². The van der Waals surface area contributed by atoms with E-state index in [4.69, 9.17) is 10.5 Å². The minimum Gasteiger partial charge on any atom is -0.369 e. The van der Waals surface area contributed by atoms with Gasteiger partial charge in [-0.05, 0) is 20.3 Å². The molecule has 0 aliphatic carbocycles. The number of nitrogens with two attached hydrogens (primary N) is 1. The monoisotopic (exact) mass is 179 g/mol. The van der Waals surface area contributed by atoms with Gasteiger partial charge in [0.15, 0.2) is 0 Å². The van der Waals surface area contributed by atoms with Gasteiger partial charge in [0, 0.05) is 29.2 Å². The van der Waals surface area contributed by atoms with Crippen LogP contribution in [-0.2, 0) is 15.5 Å². The maximum absolute atomic E-state index is 11.0. The lowest BCUT2D eigenvalue weighted by Gasteiger charge is -2.04. The second-order valence-electron chi connectivity index (χ2n) is 2.52. The van der Waals surface area contributed by atoms with Crippen molar-refractivity contribution in [3.63, 3.8) is 0 Å². The fourth-order valence-electron chi connectivity index (χ4n) is 0.553.